The van der Waals surface area contributed by atoms with Crippen molar-refractivity contribution in [1.82, 2.24) is 10.6 Å². The number of rotatable bonds is 4. The molecule has 0 atom stereocenters. The molecule has 0 aromatic heterocycles. The molecule has 4 nitrogen and oxygen atoms in total. The second-order valence-electron chi connectivity index (χ2n) is 5.36. The van der Waals surface area contributed by atoms with Gasteiger partial charge in [-0.1, -0.05) is 35.2 Å². The highest BCUT2D eigenvalue weighted by Gasteiger charge is 2.14. The van der Waals surface area contributed by atoms with Crippen LogP contribution in [0.2, 0.25) is 0 Å². The molecule has 0 unspecified atom stereocenters. The van der Waals surface area contributed by atoms with E-state index in [0.717, 1.165) is 21.7 Å². The number of nitrogens with zero attached hydrogens (tertiary/aromatic N) is 1. The standard InChI is InChI=1S/C16H24BrN3O/c1-18-16(20-14-6-4-3-5-7-14)19-11-12-10-13(17)8-9-15(12)21-2/h8-10,14H,3-7,11H2,1-2H3,(H2,18,19,20). The predicted molar refractivity (Wildman–Crippen MR) is 90.9 cm³/mol. The van der Waals surface area contributed by atoms with Gasteiger partial charge in [0, 0.05) is 29.7 Å². The van der Waals surface area contributed by atoms with Crippen molar-refractivity contribution >= 4 is 21.9 Å². The van der Waals surface area contributed by atoms with Gasteiger partial charge in [0.15, 0.2) is 5.96 Å². The lowest BCUT2D eigenvalue weighted by molar-refractivity contribution is 0.405. The first-order chi connectivity index (χ1) is 10.2. The Labute approximate surface area is 135 Å². The normalized spacial score (nSPS) is 16.6. The second kappa shape index (κ2) is 8.27. The SMILES string of the molecule is CN=C(NCc1cc(Br)ccc1OC)NC1CCCCC1. The molecule has 21 heavy (non-hydrogen) atoms. The van der Waals surface area contributed by atoms with E-state index < -0.39 is 0 Å². The molecule has 1 aromatic carbocycles. The van der Waals surface area contributed by atoms with Gasteiger partial charge in [-0.3, -0.25) is 4.99 Å². The topological polar surface area (TPSA) is 45.7 Å². The molecule has 0 aliphatic heterocycles. The average Bonchev–Trinajstić information content (AvgIpc) is 2.52. The van der Waals surface area contributed by atoms with E-state index in [2.05, 4.69) is 37.6 Å². The number of hydrogen-bond donors (Lipinski definition) is 2. The summed E-state index contributed by atoms with van der Waals surface area (Å²) in [7, 11) is 3.51. The third-order valence-electron chi connectivity index (χ3n) is 3.86. The Morgan fingerprint density at radius 2 is 2.10 bits per heavy atom. The van der Waals surface area contributed by atoms with E-state index >= 15 is 0 Å². The van der Waals surface area contributed by atoms with Crippen LogP contribution in [0, 0.1) is 0 Å². The minimum absolute atomic E-state index is 0.550. The minimum atomic E-state index is 0.550. The highest BCUT2D eigenvalue weighted by atomic mass is 79.9. The van der Waals surface area contributed by atoms with Crippen molar-refractivity contribution in [2.45, 2.75) is 44.7 Å². The van der Waals surface area contributed by atoms with Crippen LogP contribution in [-0.2, 0) is 6.54 Å². The first-order valence-electron chi connectivity index (χ1n) is 7.52. The minimum Gasteiger partial charge on any atom is -0.496 e. The van der Waals surface area contributed by atoms with Crippen molar-refractivity contribution in [3.05, 3.63) is 28.2 Å². The van der Waals surface area contributed by atoms with Crippen LogP contribution in [0.4, 0.5) is 0 Å². The largest absolute Gasteiger partial charge is 0.496 e. The quantitative estimate of drug-likeness (QED) is 0.643. The summed E-state index contributed by atoms with van der Waals surface area (Å²) in [5.74, 6) is 1.75. The molecular formula is C16H24BrN3O. The smallest absolute Gasteiger partial charge is 0.191 e. The van der Waals surface area contributed by atoms with E-state index in [1.165, 1.54) is 32.1 Å². The van der Waals surface area contributed by atoms with Crippen LogP contribution in [0.5, 0.6) is 5.75 Å². The molecule has 1 saturated carbocycles. The maximum atomic E-state index is 5.40. The van der Waals surface area contributed by atoms with Crippen LogP contribution in [0.1, 0.15) is 37.7 Å². The molecule has 2 N–H and O–H groups in total. The van der Waals surface area contributed by atoms with Crippen molar-refractivity contribution in [3.63, 3.8) is 0 Å². The number of guanidine groups is 1. The molecule has 1 fully saturated rings. The summed E-state index contributed by atoms with van der Waals surface area (Å²) in [5, 5.41) is 6.89. The summed E-state index contributed by atoms with van der Waals surface area (Å²) in [6.07, 6.45) is 6.46. The molecular weight excluding hydrogens is 330 g/mol. The van der Waals surface area contributed by atoms with Gasteiger partial charge in [-0.25, -0.2) is 0 Å². The molecule has 5 heteroatoms. The van der Waals surface area contributed by atoms with Crippen molar-refractivity contribution in [1.29, 1.82) is 0 Å². The number of benzene rings is 1. The number of ether oxygens (including phenoxy) is 1. The van der Waals surface area contributed by atoms with Gasteiger partial charge >= 0.3 is 0 Å². The van der Waals surface area contributed by atoms with E-state index in [9.17, 15) is 0 Å². The first-order valence-corrected chi connectivity index (χ1v) is 8.32. The van der Waals surface area contributed by atoms with Crippen molar-refractivity contribution < 1.29 is 4.74 Å². The summed E-state index contributed by atoms with van der Waals surface area (Å²) >= 11 is 3.50. The molecule has 116 valence electrons. The van der Waals surface area contributed by atoms with Crippen LogP contribution in [-0.4, -0.2) is 26.2 Å². The van der Waals surface area contributed by atoms with Crippen LogP contribution >= 0.6 is 15.9 Å². The zero-order chi connectivity index (χ0) is 15.1. The van der Waals surface area contributed by atoms with Gasteiger partial charge in [0.2, 0.25) is 0 Å². The number of nitrogens with one attached hydrogen (secondary N) is 2. The monoisotopic (exact) mass is 353 g/mol. The lowest BCUT2D eigenvalue weighted by Crippen LogP contribution is -2.43. The predicted octanol–water partition coefficient (Wildman–Crippen LogP) is 3.46. The fraction of sp³-hybridized carbons (Fsp3) is 0.562. The molecule has 2 rings (SSSR count). The molecule has 1 aliphatic rings. The van der Waals surface area contributed by atoms with Crippen LogP contribution in [0.15, 0.2) is 27.7 Å². The third kappa shape index (κ3) is 4.92. The Balaban J connectivity index is 1.92. The molecule has 0 spiro atoms. The summed E-state index contributed by atoms with van der Waals surface area (Å²) in [6, 6.07) is 6.57. The summed E-state index contributed by atoms with van der Waals surface area (Å²) in [5.41, 5.74) is 1.11. The number of halogens is 1. The molecule has 0 saturated heterocycles. The van der Waals surface area contributed by atoms with Crippen molar-refractivity contribution in [3.8, 4) is 5.75 Å². The van der Waals surface area contributed by atoms with Gasteiger partial charge in [0.05, 0.1) is 7.11 Å². The Bertz CT molecular complexity index is 484. The summed E-state index contributed by atoms with van der Waals surface area (Å²) in [6.45, 7) is 0.689. The van der Waals surface area contributed by atoms with E-state index in [1.807, 2.05) is 19.2 Å². The first kappa shape index (κ1) is 16.1. The Morgan fingerprint density at radius 1 is 1.33 bits per heavy atom. The molecule has 0 amide bonds. The zero-order valence-electron chi connectivity index (χ0n) is 12.8. The molecule has 1 aliphatic carbocycles. The van der Waals surface area contributed by atoms with E-state index in [1.54, 1.807) is 7.11 Å². The Kier molecular flexibility index (Phi) is 6.36. The zero-order valence-corrected chi connectivity index (χ0v) is 14.4. The van der Waals surface area contributed by atoms with E-state index in [-0.39, 0.29) is 0 Å². The van der Waals surface area contributed by atoms with Crippen molar-refractivity contribution in [2.24, 2.45) is 4.99 Å². The number of aliphatic imine (C=N–C) groups is 1. The van der Waals surface area contributed by atoms with Crippen LogP contribution in [0.25, 0.3) is 0 Å². The lowest BCUT2D eigenvalue weighted by Gasteiger charge is -2.25. The van der Waals surface area contributed by atoms with Gasteiger partial charge in [-0.05, 0) is 31.0 Å². The Hall–Kier alpha value is -1.23. The lowest BCUT2D eigenvalue weighted by atomic mass is 9.96. The average molecular weight is 354 g/mol. The molecule has 0 heterocycles. The van der Waals surface area contributed by atoms with E-state index in [4.69, 9.17) is 4.74 Å². The van der Waals surface area contributed by atoms with E-state index in [0.29, 0.717) is 12.6 Å². The summed E-state index contributed by atoms with van der Waals surface area (Å²) < 4.78 is 6.45. The third-order valence-corrected chi connectivity index (χ3v) is 4.35. The maximum absolute atomic E-state index is 5.40. The van der Waals surface area contributed by atoms with Gasteiger partial charge in [0.1, 0.15) is 5.75 Å². The van der Waals surface area contributed by atoms with Gasteiger partial charge < -0.3 is 15.4 Å². The fourth-order valence-electron chi connectivity index (χ4n) is 2.70. The summed E-state index contributed by atoms with van der Waals surface area (Å²) in [4.78, 5) is 4.32. The molecule has 0 bridgehead atoms. The fourth-order valence-corrected chi connectivity index (χ4v) is 3.11. The highest BCUT2D eigenvalue weighted by molar-refractivity contribution is 9.10. The van der Waals surface area contributed by atoms with Gasteiger partial charge in [-0.2, -0.15) is 0 Å². The Morgan fingerprint density at radius 3 is 2.76 bits per heavy atom. The van der Waals surface area contributed by atoms with Crippen LogP contribution in [0.3, 0.4) is 0 Å². The van der Waals surface area contributed by atoms with Gasteiger partial charge in [0.25, 0.3) is 0 Å². The van der Waals surface area contributed by atoms with Crippen molar-refractivity contribution in [2.75, 3.05) is 14.2 Å². The number of hydrogen-bond acceptors (Lipinski definition) is 2. The highest BCUT2D eigenvalue weighted by Crippen LogP contribution is 2.22. The second-order valence-corrected chi connectivity index (χ2v) is 6.28. The van der Waals surface area contributed by atoms with Crippen LogP contribution < -0.4 is 15.4 Å². The molecule has 1 aromatic rings. The van der Waals surface area contributed by atoms with Gasteiger partial charge in [-0.15, -0.1) is 0 Å². The number of methoxy groups -OCH3 is 1. The maximum Gasteiger partial charge on any atom is 0.191 e. The molecule has 0 radical (unpaired) electrons.